The second-order valence-electron chi connectivity index (χ2n) is 3.11. The standard InChI is InChI=1S/C12H10O3P/c13-16-15-14-12-9-5-4-8-11(12)10-6-2-1-3-7-10/h1-9,16H/q+1. The van der Waals surface area contributed by atoms with Gasteiger partial charge in [-0.2, -0.15) is 0 Å². The monoisotopic (exact) mass is 233 g/mol. The van der Waals surface area contributed by atoms with E-state index in [1.54, 1.807) is 6.07 Å². The quantitative estimate of drug-likeness (QED) is 0.459. The van der Waals surface area contributed by atoms with Crippen molar-refractivity contribution >= 4 is 8.69 Å². The zero-order valence-electron chi connectivity index (χ0n) is 8.42. The first-order valence-corrected chi connectivity index (χ1v) is 5.58. The smallest absolute Gasteiger partial charge is 0.293 e. The van der Waals surface area contributed by atoms with Gasteiger partial charge in [0, 0.05) is 5.56 Å². The lowest BCUT2D eigenvalue weighted by Gasteiger charge is -2.05. The van der Waals surface area contributed by atoms with E-state index in [-0.39, 0.29) is 0 Å². The molecule has 0 amide bonds. The highest BCUT2D eigenvalue weighted by Gasteiger charge is 2.07. The van der Waals surface area contributed by atoms with Crippen LogP contribution in [-0.4, -0.2) is 0 Å². The Morgan fingerprint density at radius 1 is 0.875 bits per heavy atom. The summed E-state index contributed by atoms with van der Waals surface area (Å²) in [5.74, 6) is 0.553. The Labute approximate surface area is 94.9 Å². The second kappa shape index (κ2) is 5.40. The molecule has 0 aliphatic rings. The van der Waals surface area contributed by atoms with Crippen molar-refractivity contribution in [3.05, 3.63) is 54.6 Å². The fourth-order valence-corrected chi connectivity index (χ4v) is 1.58. The summed E-state index contributed by atoms with van der Waals surface area (Å²) in [6, 6.07) is 17.2. The Bertz CT molecular complexity index is 471. The van der Waals surface area contributed by atoms with Crippen molar-refractivity contribution < 1.29 is 14.1 Å². The minimum atomic E-state index is -0.935. The van der Waals surface area contributed by atoms with Crippen LogP contribution in [0.15, 0.2) is 54.6 Å². The van der Waals surface area contributed by atoms with E-state index in [1.807, 2.05) is 48.5 Å². The molecule has 80 valence electrons. The molecule has 0 fully saturated rings. The molecule has 0 radical (unpaired) electrons. The minimum Gasteiger partial charge on any atom is -0.293 e. The van der Waals surface area contributed by atoms with Gasteiger partial charge in [0.25, 0.3) is 0 Å². The summed E-state index contributed by atoms with van der Waals surface area (Å²) in [6.07, 6.45) is 0. The summed E-state index contributed by atoms with van der Waals surface area (Å²) in [6.45, 7) is 0. The SMILES string of the molecule is O=[PH+]OOc1ccccc1-c1ccccc1. The molecule has 1 atom stereocenters. The Hall–Kier alpha value is -1.70. The van der Waals surface area contributed by atoms with E-state index in [1.165, 1.54) is 0 Å². The average molecular weight is 233 g/mol. The Kier molecular flexibility index (Phi) is 3.65. The van der Waals surface area contributed by atoms with Crippen molar-refractivity contribution in [2.75, 3.05) is 0 Å². The summed E-state index contributed by atoms with van der Waals surface area (Å²) in [5.41, 5.74) is 1.93. The second-order valence-corrected chi connectivity index (χ2v) is 3.45. The van der Waals surface area contributed by atoms with Crippen LogP contribution in [0.5, 0.6) is 5.75 Å². The van der Waals surface area contributed by atoms with Gasteiger partial charge in [0.15, 0.2) is 5.75 Å². The molecule has 0 spiro atoms. The summed E-state index contributed by atoms with van der Waals surface area (Å²) in [7, 11) is -0.935. The normalized spacial score (nSPS) is 10.2. The lowest BCUT2D eigenvalue weighted by Crippen LogP contribution is -1.89. The molecule has 2 aromatic rings. The fourth-order valence-electron chi connectivity index (χ4n) is 1.46. The largest absolute Gasteiger partial charge is 0.540 e. The van der Waals surface area contributed by atoms with Gasteiger partial charge in [0.05, 0.1) is 4.67 Å². The first-order chi connectivity index (χ1) is 7.92. The van der Waals surface area contributed by atoms with Crippen molar-refractivity contribution in [2.45, 2.75) is 0 Å². The van der Waals surface area contributed by atoms with Crippen LogP contribution < -0.4 is 4.89 Å². The van der Waals surface area contributed by atoms with Gasteiger partial charge in [-0.3, -0.25) is 4.89 Å². The minimum absolute atomic E-state index is 0.553. The first kappa shape index (κ1) is 10.8. The summed E-state index contributed by atoms with van der Waals surface area (Å²) < 4.78 is 14.7. The molecule has 3 nitrogen and oxygen atoms in total. The highest BCUT2D eigenvalue weighted by molar-refractivity contribution is 7.17. The topological polar surface area (TPSA) is 35.5 Å². The molecule has 0 aliphatic carbocycles. The zero-order valence-corrected chi connectivity index (χ0v) is 9.42. The van der Waals surface area contributed by atoms with Gasteiger partial charge in [-0.05, 0) is 16.2 Å². The number of hydrogen-bond donors (Lipinski definition) is 0. The molecule has 16 heavy (non-hydrogen) atoms. The van der Waals surface area contributed by atoms with Crippen molar-refractivity contribution in [2.24, 2.45) is 0 Å². The molecular weight excluding hydrogens is 223 g/mol. The van der Waals surface area contributed by atoms with Crippen LogP contribution in [0, 0.1) is 0 Å². The molecule has 0 saturated carbocycles. The number of hydrogen-bond acceptors (Lipinski definition) is 3. The third-order valence-corrected chi connectivity index (χ3v) is 2.29. The van der Waals surface area contributed by atoms with Crippen LogP contribution in [0.2, 0.25) is 0 Å². The molecule has 4 heteroatoms. The van der Waals surface area contributed by atoms with Gasteiger partial charge in [0.1, 0.15) is 0 Å². The average Bonchev–Trinajstić information content (AvgIpc) is 2.38. The van der Waals surface area contributed by atoms with Crippen LogP contribution in [0.4, 0.5) is 0 Å². The number of benzene rings is 2. The van der Waals surface area contributed by atoms with Crippen LogP contribution >= 0.6 is 8.69 Å². The highest BCUT2D eigenvalue weighted by atomic mass is 31.1. The summed E-state index contributed by atoms with van der Waals surface area (Å²) in [4.78, 5) is 4.94. The van der Waals surface area contributed by atoms with E-state index in [4.69, 9.17) is 4.89 Å². The molecule has 0 saturated heterocycles. The fraction of sp³-hybridized carbons (Fsp3) is 0. The van der Waals surface area contributed by atoms with Crippen molar-refractivity contribution in [3.63, 3.8) is 0 Å². The molecule has 1 unspecified atom stereocenters. The summed E-state index contributed by atoms with van der Waals surface area (Å²) >= 11 is 0. The number of para-hydroxylation sites is 1. The Morgan fingerprint density at radius 2 is 1.56 bits per heavy atom. The zero-order chi connectivity index (χ0) is 11.2. The van der Waals surface area contributed by atoms with Gasteiger partial charge in [-0.15, -0.1) is 0 Å². The van der Waals surface area contributed by atoms with Crippen LogP contribution in [0.25, 0.3) is 11.1 Å². The predicted octanol–water partition coefficient (Wildman–Crippen LogP) is 3.60. The van der Waals surface area contributed by atoms with E-state index >= 15 is 0 Å². The van der Waals surface area contributed by atoms with Crippen molar-refractivity contribution in [1.82, 2.24) is 0 Å². The Balaban J connectivity index is 2.36. The van der Waals surface area contributed by atoms with E-state index in [0.29, 0.717) is 5.75 Å². The van der Waals surface area contributed by atoms with Gasteiger partial charge in [-0.25, -0.2) is 0 Å². The maximum absolute atomic E-state index is 10.2. The van der Waals surface area contributed by atoms with Gasteiger partial charge in [0.2, 0.25) is 0 Å². The third kappa shape index (κ3) is 2.45. The Morgan fingerprint density at radius 3 is 2.31 bits per heavy atom. The molecule has 0 bridgehead atoms. The van der Waals surface area contributed by atoms with Crippen LogP contribution in [0.3, 0.4) is 0 Å². The van der Waals surface area contributed by atoms with E-state index in [2.05, 4.69) is 4.67 Å². The van der Waals surface area contributed by atoms with E-state index in [9.17, 15) is 4.57 Å². The molecular formula is C12H10O3P+. The predicted molar refractivity (Wildman–Crippen MR) is 62.6 cm³/mol. The third-order valence-electron chi connectivity index (χ3n) is 2.14. The molecule has 2 rings (SSSR count). The van der Waals surface area contributed by atoms with Gasteiger partial charge < -0.3 is 0 Å². The number of rotatable bonds is 4. The highest BCUT2D eigenvalue weighted by Crippen LogP contribution is 2.30. The van der Waals surface area contributed by atoms with Crippen molar-refractivity contribution in [3.8, 4) is 16.9 Å². The summed E-state index contributed by atoms with van der Waals surface area (Å²) in [5, 5.41) is 0. The molecule has 0 heterocycles. The maximum atomic E-state index is 10.2. The van der Waals surface area contributed by atoms with E-state index in [0.717, 1.165) is 11.1 Å². The lowest BCUT2D eigenvalue weighted by molar-refractivity contribution is -0.0860. The molecule has 0 N–H and O–H groups in total. The van der Waals surface area contributed by atoms with Crippen LogP contribution in [0.1, 0.15) is 0 Å². The lowest BCUT2D eigenvalue weighted by atomic mass is 10.1. The molecule has 0 aliphatic heterocycles. The van der Waals surface area contributed by atoms with Gasteiger partial charge in [-0.1, -0.05) is 48.5 Å². The molecule has 2 aromatic carbocycles. The van der Waals surface area contributed by atoms with Crippen molar-refractivity contribution in [1.29, 1.82) is 0 Å². The first-order valence-electron chi connectivity index (χ1n) is 4.77. The maximum Gasteiger partial charge on any atom is 0.540 e. The van der Waals surface area contributed by atoms with Gasteiger partial charge >= 0.3 is 8.69 Å². The molecule has 0 aromatic heterocycles. The van der Waals surface area contributed by atoms with Crippen LogP contribution in [-0.2, 0) is 9.24 Å². The van der Waals surface area contributed by atoms with E-state index < -0.39 is 8.69 Å².